The Kier molecular flexibility index (Phi) is 10.1. The van der Waals surface area contributed by atoms with E-state index in [1.165, 1.54) is 6.08 Å². The molecule has 1 aromatic heterocycles. The Morgan fingerprint density at radius 3 is 2.46 bits per heavy atom. The molecule has 0 saturated carbocycles. The van der Waals surface area contributed by atoms with E-state index in [9.17, 15) is 13.2 Å². The van der Waals surface area contributed by atoms with Crippen LogP contribution in [0.5, 0.6) is 0 Å². The fraction of sp³-hybridized carbons (Fsp3) is 0.273. The summed E-state index contributed by atoms with van der Waals surface area (Å²) < 4.78 is 39.6. The number of aliphatic imine (C=N–C) groups is 1. The monoisotopic (exact) mass is 550 g/mol. The number of alkyl halides is 3. The standard InChI is InChI=1S/C33H34ClF3N2/c1-7-17-38-20-22(5)30(24(8-2)14-13-23(6)33(35,36)37)26-15-16-29-27(19-26)32(34)31(28(9-3)39-29)25-12-10-11-21(4)18-25/h8,10-20,30H,2,7,9H2,1,3-6H3/b22-20+,23-13+,24-14+,38-17-. The average molecular weight is 551 g/mol. The Hall–Kier alpha value is -3.44. The first-order chi connectivity index (χ1) is 18.5. The van der Waals surface area contributed by atoms with Gasteiger partial charge < -0.3 is 0 Å². The molecule has 204 valence electrons. The SMILES string of the molecule is C=C/C(=C\C=C(/C)C(F)(F)F)C(/C(C)=C/N=C\CC)c1ccc2nc(CC)c(-c3cccc(C)c3)c(Cl)c2c1. The highest BCUT2D eigenvalue weighted by molar-refractivity contribution is 6.38. The largest absolute Gasteiger partial charge is 0.412 e. The molecule has 1 heterocycles. The van der Waals surface area contributed by atoms with Gasteiger partial charge in [-0.05, 0) is 68.0 Å². The van der Waals surface area contributed by atoms with Gasteiger partial charge >= 0.3 is 6.18 Å². The van der Waals surface area contributed by atoms with Crippen LogP contribution in [0.4, 0.5) is 13.2 Å². The third kappa shape index (κ3) is 7.15. The molecule has 0 aliphatic heterocycles. The van der Waals surface area contributed by atoms with Gasteiger partial charge in [-0.15, -0.1) is 0 Å². The van der Waals surface area contributed by atoms with Crippen molar-refractivity contribution in [1.29, 1.82) is 0 Å². The zero-order chi connectivity index (χ0) is 28.7. The van der Waals surface area contributed by atoms with Crippen LogP contribution in [0.25, 0.3) is 22.0 Å². The van der Waals surface area contributed by atoms with E-state index < -0.39 is 11.7 Å². The van der Waals surface area contributed by atoms with Crippen LogP contribution in [0.2, 0.25) is 5.02 Å². The Labute approximate surface area is 234 Å². The van der Waals surface area contributed by atoms with Gasteiger partial charge in [0.15, 0.2) is 0 Å². The van der Waals surface area contributed by atoms with Gasteiger partial charge in [0.25, 0.3) is 0 Å². The van der Waals surface area contributed by atoms with Gasteiger partial charge in [-0.2, -0.15) is 13.2 Å². The van der Waals surface area contributed by atoms with Crippen LogP contribution in [0.15, 0.2) is 95.2 Å². The highest BCUT2D eigenvalue weighted by atomic mass is 35.5. The molecule has 1 unspecified atom stereocenters. The molecule has 0 aliphatic carbocycles. The van der Waals surface area contributed by atoms with Crippen molar-refractivity contribution in [2.24, 2.45) is 4.99 Å². The molecule has 2 aromatic carbocycles. The van der Waals surface area contributed by atoms with E-state index in [4.69, 9.17) is 16.6 Å². The third-order valence-electron chi connectivity index (χ3n) is 6.56. The minimum atomic E-state index is -4.40. The van der Waals surface area contributed by atoms with Crippen molar-refractivity contribution < 1.29 is 13.2 Å². The number of hydrogen-bond acceptors (Lipinski definition) is 2. The van der Waals surface area contributed by atoms with E-state index >= 15 is 0 Å². The normalized spacial score (nSPS) is 14.3. The topological polar surface area (TPSA) is 25.2 Å². The molecule has 3 aromatic rings. The maximum atomic E-state index is 13.2. The highest BCUT2D eigenvalue weighted by Gasteiger charge is 2.29. The molecular weight excluding hydrogens is 517 g/mol. The number of pyridine rings is 1. The van der Waals surface area contributed by atoms with Crippen LogP contribution in [0.3, 0.4) is 0 Å². The summed E-state index contributed by atoms with van der Waals surface area (Å²) in [5.74, 6) is -0.387. The molecule has 3 rings (SSSR count). The Morgan fingerprint density at radius 2 is 1.85 bits per heavy atom. The van der Waals surface area contributed by atoms with Crippen molar-refractivity contribution in [3.05, 3.63) is 112 Å². The predicted molar refractivity (Wildman–Crippen MR) is 160 cm³/mol. The fourth-order valence-electron chi connectivity index (χ4n) is 4.49. The number of fused-ring (bicyclic) bond motifs is 1. The molecule has 0 aliphatic rings. The lowest BCUT2D eigenvalue weighted by Crippen LogP contribution is -2.09. The van der Waals surface area contributed by atoms with Crippen LogP contribution in [-0.4, -0.2) is 17.4 Å². The summed E-state index contributed by atoms with van der Waals surface area (Å²) in [6.45, 7) is 13.0. The summed E-state index contributed by atoms with van der Waals surface area (Å²) in [4.78, 5) is 9.30. The van der Waals surface area contributed by atoms with Crippen LogP contribution < -0.4 is 0 Å². The second-order valence-corrected chi connectivity index (χ2v) is 9.89. The minimum Gasteiger partial charge on any atom is -0.269 e. The third-order valence-corrected chi connectivity index (χ3v) is 6.95. The van der Waals surface area contributed by atoms with Gasteiger partial charge in [0.1, 0.15) is 0 Å². The van der Waals surface area contributed by atoms with E-state index in [2.05, 4.69) is 24.6 Å². The van der Waals surface area contributed by atoms with E-state index in [1.54, 1.807) is 18.5 Å². The summed E-state index contributed by atoms with van der Waals surface area (Å²) in [5.41, 5.74) is 6.33. The van der Waals surface area contributed by atoms with Crippen molar-refractivity contribution in [2.75, 3.05) is 0 Å². The van der Waals surface area contributed by atoms with Crippen molar-refractivity contribution in [3.8, 4) is 11.1 Å². The smallest absolute Gasteiger partial charge is 0.269 e. The summed E-state index contributed by atoms with van der Waals surface area (Å²) >= 11 is 7.09. The number of nitrogens with zero attached hydrogens (tertiary/aromatic N) is 2. The quantitative estimate of drug-likeness (QED) is 0.192. The van der Waals surface area contributed by atoms with Crippen LogP contribution >= 0.6 is 11.6 Å². The number of aryl methyl sites for hydroxylation is 2. The number of rotatable bonds is 9. The van der Waals surface area contributed by atoms with E-state index in [1.807, 2.05) is 57.2 Å². The van der Waals surface area contributed by atoms with Crippen molar-refractivity contribution in [2.45, 2.75) is 59.6 Å². The first kappa shape index (κ1) is 30.1. The maximum absolute atomic E-state index is 13.2. The lowest BCUT2D eigenvalue weighted by molar-refractivity contribution is -0.0913. The average Bonchev–Trinajstić information content (AvgIpc) is 2.90. The Morgan fingerprint density at radius 1 is 1.10 bits per heavy atom. The van der Waals surface area contributed by atoms with Crippen LogP contribution in [-0.2, 0) is 6.42 Å². The number of aromatic nitrogens is 1. The van der Waals surface area contributed by atoms with Gasteiger partial charge in [-0.3, -0.25) is 9.98 Å². The molecule has 0 spiro atoms. The zero-order valence-electron chi connectivity index (χ0n) is 23.0. The Bertz CT molecular complexity index is 1480. The predicted octanol–water partition coefficient (Wildman–Crippen LogP) is 10.5. The molecule has 0 radical (unpaired) electrons. The minimum absolute atomic E-state index is 0.387. The number of allylic oxidation sites excluding steroid dienone is 6. The molecular formula is C33H34ClF3N2. The van der Waals surface area contributed by atoms with Crippen LogP contribution in [0, 0.1) is 6.92 Å². The first-order valence-electron chi connectivity index (χ1n) is 13.0. The lowest BCUT2D eigenvalue weighted by atomic mass is 9.84. The van der Waals surface area contributed by atoms with Gasteiger partial charge in [-0.25, -0.2) is 0 Å². The van der Waals surface area contributed by atoms with E-state index in [0.717, 1.165) is 70.3 Å². The molecule has 2 nitrogen and oxygen atoms in total. The number of halogens is 4. The van der Waals surface area contributed by atoms with Crippen molar-refractivity contribution in [1.82, 2.24) is 4.98 Å². The van der Waals surface area contributed by atoms with Crippen LogP contribution in [0.1, 0.15) is 56.9 Å². The summed E-state index contributed by atoms with van der Waals surface area (Å²) in [5, 5.41) is 1.38. The van der Waals surface area contributed by atoms with E-state index in [-0.39, 0.29) is 5.92 Å². The second-order valence-electron chi connectivity index (χ2n) is 9.51. The molecule has 0 N–H and O–H groups in total. The molecule has 0 bridgehead atoms. The second kappa shape index (κ2) is 13.1. The maximum Gasteiger partial charge on any atom is 0.412 e. The van der Waals surface area contributed by atoms with Crippen molar-refractivity contribution >= 4 is 28.7 Å². The molecule has 0 saturated heterocycles. The number of hydrogen-bond donors (Lipinski definition) is 0. The van der Waals surface area contributed by atoms with E-state index in [0.29, 0.717) is 10.6 Å². The summed E-state index contributed by atoms with van der Waals surface area (Å²) in [6, 6.07) is 14.0. The van der Waals surface area contributed by atoms with Gasteiger partial charge in [0.05, 0.1) is 16.2 Å². The molecule has 1 atom stereocenters. The zero-order valence-corrected chi connectivity index (χ0v) is 23.8. The summed E-state index contributed by atoms with van der Waals surface area (Å²) in [6.07, 6.45) is 4.77. The number of benzene rings is 2. The lowest BCUT2D eigenvalue weighted by Gasteiger charge is -2.21. The highest BCUT2D eigenvalue weighted by Crippen LogP contribution is 2.40. The molecule has 0 fully saturated rings. The fourth-order valence-corrected chi connectivity index (χ4v) is 4.85. The molecule has 6 heteroatoms. The summed E-state index contributed by atoms with van der Waals surface area (Å²) in [7, 11) is 0. The molecule has 39 heavy (non-hydrogen) atoms. The van der Waals surface area contributed by atoms with Gasteiger partial charge in [0, 0.05) is 34.9 Å². The molecule has 0 amide bonds. The first-order valence-corrected chi connectivity index (χ1v) is 13.3. The van der Waals surface area contributed by atoms with Gasteiger partial charge in [0.2, 0.25) is 0 Å². The Balaban J connectivity index is 2.28. The van der Waals surface area contributed by atoms with Crippen molar-refractivity contribution in [3.63, 3.8) is 0 Å². The van der Waals surface area contributed by atoms with Gasteiger partial charge in [-0.1, -0.05) is 86.2 Å².